The summed E-state index contributed by atoms with van der Waals surface area (Å²) in [6, 6.07) is 9.85. The van der Waals surface area contributed by atoms with Gasteiger partial charge in [0.1, 0.15) is 0 Å². The van der Waals surface area contributed by atoms with Gasteiger partial charge >= 0.3 is 0 Å². The van der Waals surface area contributed by atoms with Crippen molar-refractivity contribution in [3.8, 4) is 0 Å². The van der Waals surface area contributed by atoms with E-state index in [1.807, 2.05) is 42.5 Å². The van der Waals surface area contributed by atoms with E-state index in [0.29, 0.717) is 0 Å². The third kappa shape index (κ3) is 3.43. The lowest BCUT2D eigenvalue weighted by Gasteiger charge is -2.32. The predicted molar refractivity (Wildman–Crippen MR) is 79.8 cm³/mol. The molecule has 0 aliphatic carbocycles. The maximum absolute atomic E-state index is 5.66. The van der Waals surface area contributed by atoms with Crippen LogP contribution in [0, 0.1) is 0 Å². The average Bonchev–Trinajstić information content (AvgIpc) is 2.48. The summed E-state index contributed by atoms with van der Waals surface area (Å²) >= 11 is 0. The molecule has 1 aromatic rings. The highest BCUT2D eigenvalue weighted by molar-refractivity contribution is 5.37. The number of ether oxygens (including phenoxy) is 2. The highest BCUT2D eigenvalue weighted by atomic mass is 16.7. The third-order valence-corrected chi connectivity index (χ3v) is 2.98. The Balaban J connectivity index is 3.28. The van der Waals surface area contributed by atoms with Crippen molar-refractivity contribution in [1.29, 1.82) is 0 Å². The van der Waals surface area contributed by atoms with Crippen LogP contribution >= 0.6 is 0 Å². The monoisotopic (exact) mass is 258 g/mol. The molecule has 0 aromatic heterocycles. The number of hydrogen-bond donors (Lipinski definition) is 0. The van der Waals surface area contributed by atoms with Crippen LogP contribution in [0.3, 0.4) is 0 Å². The molecule has 2 nitrogen and oxygen atoms in total. The van der Waals surface area contributed by atoms with Crippen molar-refractivity contribution in [2.75, 3.05) is 14.2 Å². The maximum Gasteiger partial charge on any atom is 0.221 e. The van der Waals surface area contributed by atoms with Gasteiger partial charge in [-0.15, -0.1) is 0 Å². The van der Waals surface area contributed by atoms with Gasteiger partial charge in [-0.05, 0) is 6.42 Å². The number of methoxy groups -OCH3 is 2. The molecule has 0 aliphatic heterocycles. The standard InChI is InChI=1S/C17H22O2/c1-5-7-9-12-15(6-2)17(18-3,19-4)16-13-10-8-11-14-16/h6-14H,2,5H2,1,3-4H3/b9-7-,15-12+. The Bertz CT molecular complexity index is 440. The normalized spacial score (nSPS) is 12.9. The lowest BCUT2D eigenvalue weighted by molar-refractivity contribution is -0.184. The molecule has 0 bridgehead atoms. The van der Waals surface area contributed by atoms with Gasteiger partial charge < -0.3 is 9.47 Å². The van der Waals surface area contributed by atoms with Crippen LogP contribution in [0.15, 0.2) is 66.8 Å². The molecule has 102 valence electrons. The minimum absolute atomic E-state index is 0.869. The number of benzene rings is 1. The second-order valence-electron chi connectivity index (χ2n) is 4.05. The molecule has 0 unspecified atom stereocenters. The fourth-order valence-corrected chi connectivity index (χ4v) is 2.00. The molecule has 0 saturated carbocycles. The second-order valence-corrected chi connectivity index (χ2v) is 4.05. The Kier molecular flexibility index (Phi) is 6.26. The molecule has 0 N–H and O–H groups in total. The van der Waals surface area contributed by atoms with Gasteiger partial charge in [0, 0.05) is 25.4 Å². The predicted octanol–water partition coefficient (Wildman–Crippen LogP) is 4.21. The first-order chi connectivity index (χ1) is 9.25. The van der Waals surface area contributed by atoms with Crippen LogP contribution in [0.5, 0.6) is 0 Å². The molecule has 2 heteroatoms. The van der Waals surface area contributed by atoms with Crippen molar-refractivity contribution in [1.82, 2.24) is 0 Å². The molecular weight excluding hydrogens is 236 g/mol. The van der Waals surface area contributed by atoms with Crippen LogP contribution < -0.4 is 0 Å². The van der Waals surface area contributed by atoms with E-state index in [0.717, 1.165) is 17.6 Å². The van der Waals surface area contributed by atoms with E-state index in [4.69, 9.17) is 9.47 Å². The highest BCUT2D eigenvalue weighted by Crippen LogP contribution is 2.34. The van der Waals surface area contributed by atoms with E-state index < -0.39 is 5.79 Å². The molecule has 0 aliphatic rings. The Morgan fingerprint density at radius 2 is 1.84 bits per heavy atom. The molecule has 0 saturated heterocycles. The second kappa shape index (κ2) is 7.72. The summed E-state index contributed by atoms with van der Waals surface area (Å²) < 4.78 is 11.3. The van der Waals surface area contributed by atoms with Crippen LogP contribution in [0.2, 0.25) is 0 Å². The largest absolute Gasteiger partial charge is 0.346 e. The molecule has 19 heavy (non-hydrogen) atoms. The minimum atomic E-state index is -0.916. The van der Waals surface area contributed by atoms with Gasteiger partial charge in [0.15, 0.2) is 0 Å². The summed E-state index contributed by atoms with van der Waals surface area (Å²) in [7, 11) is 3.27. The van der Waals surface area contributed by atoms with Crippen molar-refractivity contribution < 1.29 is 9.47 Å². The lowest BCUT2D eigenvalue weighted by Crippen LogP contribution is -2.32. The molecule has 1 rings (SSSR count). The molecule has 1 aromatic carbocycles. The lowest BCUT2D eigenvalue weighted by atomic mass is 9.96. The molecule has 0 spiro atoms. The molecule has 0 atom stereocenters. The summed E-state index contributed by atoms with van der Waals surface area (Å²) in [6.07, 6.45) is 8.78. The van der Waals surface area contributed by atoms with Crippen molar-refractivity contribution in [3.63, 3.8) is 0 Å². The summed E-state index contributed by atoms with van der Waals surface area (Å²) in [4.78, 5) is 0. The zero-order valence-corrected chi connectivity index (χ0v) is 11.9. The fourth-order valence-electron chi connectivity index (χ4n) is 2.00. The van der Waals surface area contributed by atoms with Gasteiger partial charge in [0.2, 0.25) is 5.79 Å². The van der Waals surface area contributed by atoms with Gasteiger partial charge in [-0.2, -0.15) is 0 Å². The van der Waals surface area contributed by atoms with Gasteiger partial charge in [0.25, 0.3) is 0 Å². The Hall–Kier alpha value is -1.64. The van der Waals surface area contributed by atoms with E-state index >= 15 is 0 Å². The van der Waals surface area contributed by atoms with Gasteiger partial charge in [0.05, 0.1) is 0 Å². The van der Waals surface area contributed by atoms with Crippen molar-refractivity contribution >= 4 is 0 Å². The topological polar surface area (TPSA) is 18.5 Å². The Labute approximate surface area is 116 Å². The maximum atomic E-state index is 5.66. The van der Waals surface area contributed by atoms with Crippen LogP contribution in [0.25, 0.3) is 0 Å². The Morgan fingerprint density at radius 1 is 1.21 bits per heavy atom. The third-order valence-electron chi connectivity index (χ3n) is 2.98. The first-order valence-corrected chi connectivity index (χ1v) is 6.40. The van der Waals surface area contributed by atoms with Gasteiger partial charge in [-0.25, -0.2) is 0 Å². The fraction of sp³-hybridized carbons (Fsp3) is 0.294. The first-order valence-electron chi connectivity index (χ1n) is 6.40. The summed E-state index contributed by atoms with van der Waals surface area (Å²) in [5, 5.41) is 0. The first kappa shape index (κ1) is 15.4. The minimum Gasteiger partial charge on any atom is -0.346 e. The molecule has 0 fully saturated rings. The number of hydrogen-bond acceptors (Lipinski definition) is 2. The molecular formula is C17H22O2. The molecule has 0 heterocycles. The van der Waals surface area contributed by atoms with E-state index in [1.165, 1.54) is 0 Å². The van der Waals surface area contributed by atoms with E-state index in [-0.39, 0.29) is 0 Å². The number of rotatable bonds is 7. The van der Waals surface area contributed by atoms with E-state index in [2.05, 4.69) is 19.6 Å². The zero-order valence-electron chi connectivity index (χ0n) is 11.9. The van der Waals surface area contributed by atoms with Crippen molar-refractivity contribution in [3.05, 3.63) is 72.4 Å². The summed E-state index contributed by atoms with van der Waals surface area (Å²) in [5.74, 6) is -0.916. The molecule has 0 radical (unpaired) electrons. The van der Waals surface area contributed by atoms with E-state index in [1.54, 1.807) is 20.3 Å². The zero-order chi connectivity index (χ0) is 14.1. The SMILES string of the molecule is C=C/C(=C\C=C/CC)C(OC)(OC)c1ccccc1. The van der Waals surface area contributed by atoms with Gasteiger partial charge in [-0.1, -0.05) is 68.1 Å². The summed E-state index contributed by atoms with van der Waals surface area (Å²) in [5.41, 5.74) is 1.81. The number of allylic oxidation sites excluding steroid dienone is 3. The summed E-state index contributed by atoms with van der Waals surface area (Å²) in [6.45, 7) is 5.96. The quantitative estimate of drug-likeness (QED) is 0.539. The van der Waals surface area contributed by atoms with Crippen LogP contribution in [0.1, 0.15) is 18.9 Å². The van der Waals surface area contributed by atoms with Gasteiger partial charge in [-0.3, -0.25) is 0 Å². The van der Waals surface area contributed by atoms with Crippen LogP contribution in [0.4, 0.5) is 0 Å². The van der Waals surface area contributed by atoms with E-state index in [9.17, 15) is 0 Å². The molecule has 0 amide bonds. The smallest absolute Gasteiger partial charge is 0.221 e. The van der Waals surface area contributed by atoms with Crippen molar-refractivity contribution in [2.24, 2.45) is 0 Å². The van der Waals surface area contributed by atoms with Crippen molar-refractivity contribution in [2.45, 2.75) is 19.1 Å². The highest BCUT2D eigenvalue weighted by Gasteiger charge is 2.34. The van der Waals surface area contributed by atoms with Crippen LogP contribution in [-0.2, 0) is 15.3 Å². The average molecular weight is 258 g/mol. The Morgan fingerprint density at radius 3 is 2.32 bits per heavy atom. The van der Waals surface area contributed by atoms with Crippen LogP contribution in [-0.4, -0.2) is 14.2 Å².